The summed E-state index contributed by atoms with van der Waals surface area (Å²) in [5, 5.41) is 0.479. The molecule has 0 saturated carbocycles. The van der Waals surface area contributed by atoms with Gasteiger partial charge in [-0.1, -0.05) is 18.5 Å². The van der Waals surface area contributed by atoms with E-state index in [1.807, 2.05) is 0 Å². The first kappa shape index (κ1) is 18.1. The third-order valence-corrected chi connectivity index (χ3v) is 6.04. The molecule has 0 amide bonds. The summed E-state index contributed by atoms with van der Waals surface area (Å²) in [6, 6.07) is 1.78. The van der Waals surface area contributed by atoms with Gasteiger partial charge in [-0.05, 0) is 30.9 Å². The maximum atomic E-state index is 13.1. The summed E-state index contributed by atoms with van der Waals surface area (Å²) in [4.78, 5) is 28.7. The average molecular weight is 387 g/mol. The molecule has 0 aromatic carbocycles. The van der Waals surface area contributed by atoms with E-state index >= 15 is 0 Å². The Bertz CT molecular complexity index is 975. The predicted octanol–water partition coefficient (Wildman–Crippen LogP) is 1.74. The first-order valence-corrected chi connectivity index (χ1v) is 9.51. The summed E-state index contributed by atoms with van der Waals surface area (Å²) < 4.78 is 1.62. The lowest BCUT2D eigenvalue weighted by Crippen LogP contribution is -2.44. The standard InChI is InChI=1S/C19H23ClN6O/c1-19(11-21)4-7-26(8-5-19)18-24-14-10-23-16(15(14)17(27)25(18)2)12-3-6-22-9-13(12)20/h3,6,9H,4-5,7-8,10-11,21H2,1-2H3. The minimum absolute atomic E-state index is 0.0914. The Labute approximate surface area is 162 Å². The van der Waals surface area contributed by atoms with Gasteiger partial charge < -0.3 is 10.6 Å². The summed E-state index contributed by atoms with van der Waals surface area (Å²) in [6.07, 6.45) is 5.19. The van der Waals surface area contributed by atoms with Crippen molar-refractivity contribution >= 4 is 23.3 Å². The highest BCUT2D eigenvalue weighted by Gasteiger charge is 2.32. The van der Waals surface area contributed by atoms with Crippen molar-refractivity contribution in [3.8, 4) is 0 Å². The number of anilines is 1. The van der Waals surface area contributed by atoms with Gasteiger partial charge in [0.1, 0.15) is 0 Å². The number of aromatic nitrogens is 3. The molecule has 8 heteroatoms. The van der Waals surface area contributed by atoms with Crippen LogP contribution in [0.3, 0.4) is 0 Å². The molecule has 4 heterocycles. The molecule has 2 N–H and O–H groups in total. The minimum atomic E-state index is -0.0914. The van der Waals surface area contributed by atoms with E-state index in [9.17, 15) is 4.79 Å². The lowest BCUT2D eigenvalue weighted by molar-refractivity contribution is 0.256. The maximum absolute atomic E-state index is 13.1. The molecule has 27 heavy (non-hydrogen) atoms. The second-order valence-electron chi connectivity index (χ2n) is 7.62. The van der Waals surface area contributed by atoms with Crippen LogP contribution in [0.4, 0.5) is 5.95 Å². The highest BCUT2D eigenvalue weighted by Crippen LogP contribution is 2.32. The number of pyridine rings is 1. The van der Waals surface area contributed by atoms with Crippen LogP contribution in [0.25, 0.3) is 0 Å². The number of aliphatic imine (C=N–C) groups is 1. The molecule has 0 aliphatic carbocycles. The van der Waals surface area contributed by atoms with Crippen LogP contribution < -0.4 is 16.2 Å². The second kappa shape index (κ2) is 6.73. The van der Waals surface area contributed by atoms with Gasteiger partial charge in [-0.15, -0.1) is 0 Å². The van der Waals surface area contributed by atoms with Gasteiger partial charge in [0.2, 0.25) is 5.95 Å². The fraction of sp³-hybridized carbons (Fsp3) is 0.474. The summed E-state index contributed by atoms with van der Waals surface area (Å²) in [6.45, 7) is 4.98. The third kappa shape index (κ3) is 3.04. The van der Waals surface area contributed by atoms with Crippen molar-refractivity contribution in [1.82, 2.24) is 14.5 Å². The number of fused-ring (bicyclic) bond motifs is 1. The Morgan fingerprint density at radius 2 is 2.07 bits per heavy atom. The predicted molar refractivity (Wildman–Crippen MR) is 107 cm³/mol. The molecule has 0 radical (unpaired) electrons. The van der Waals surface area contributed by atoms with Crippen molar-refractivity contribution < 1.29 is 0 Å². The van der Waals surface area contributed by atoms with Crippen LogP contribution in [-0.2, 0) is 13.6 Å². The zero-order chi connectivity index (χ0) is 19.2. The minimum Gasteiger partial charge on any atom is -0.342 e. The van der Waals surface area contributed by atoms with Crippen molar-refractivity contribution in [2.45, 2.75) is 26.3 Å². The van der Waals surface area contributed by atoms with Crippen LogP contribution in [0, 0.1) is 5.41 Å². The molecule has 1 fully saturated rings. The van der Waals surface area contributed by atoms with Crippen LogP contribution >= 0.6 is 11.6 Å². The lowest BCUT2D eigenvalue weighted by Gasteiger charge is -2.39. The normalized spacial score (nSPS) is 18.4. The number of nitrogens with two attached hydrogens (primary N) is 1. The third-order valence-electron chi connectivity index (χ3n) is 5.74. The fourth-order valence-electron chi connectivity index (χ4n) is 3.74. The van der Waals surface area contributed by atoms with E-state index in [-0.39, 0.29) is 11.0 Å². The van der Waals surface area contributed by atoms with Crippen LogP contribution in [0.1, 0.15) is 36.6 Å². The van der Waals surface area contributed by atoms with Gasteiger partial charge >= 0.3 is 0 Å². The zero-order valence-electron chi connectivity index (χ0n) is 15.6. The molecular weight excluding hydrogens is 364 g/mol. The van der Waals surface area contributed by atoms with Gasteiger partial charge in [0.15, 0.2) is 0 Å². The van der Waals surface area contributed by atoms with Crippen LogP contribution in [0.5, 0.6) is 0 Å². The van der Waals surface area contributed by atoms with E-state index in [0.29, 0.717) is 46.6 Å². The summed E-state index contributed by atoms with van der Waals surface area (Å²) in [5.74, 6) is 0.704. The van der Waals surface area contributed by atoms with Crippen molar-refractivity contribution in [3.63, 3.8) is 0 Å². The van der Waals surface area contributed by atoms with Gasteiger partial charge in [-0.25, -0.2) is 4.98 Å². The van der Waals surface area contributed by atoms with Crippen molar-refractivity contribution in [1.29, 1.82) is 0 Å². The van der Waals surface area contributed by atoms with E-state index < -0.39 is 0 Å². The molecule has 2 aliphatic heterocycles. The molecular formula is C19H23ClN6O. The SMILES string of the molecule is Cn1c(N2CCC(C)(CN)CC2)nc2c(c1=O)C(c1ccncc1Cl)=NC2. The Hall–Kier alpha value is -2.25. The second-order valence-corrected chi connectivity index (χ2v) is 8.03. The molecule has 0 bridgehead atoms. The maximum Gasteiger partial charge on any atom is 0.264 e. The van der Waals surface area contributed by atoms with Crippen molar-refractivity contribution in [2.24, 2.45) is 23.2 Å². The average Bonchev–Trinajstić information content (AvgIpc) is 3.10. The van der Waals surface area contributed by atoms with Crippen molar-refractivity contribution in [2.75, 3.05) is 24.5 Å². The lowest BCUT2D eigenvalue weighted by atomic mass is 9.81. The van der Waals surface area contributed by atoms with Crippen LogP contribution in [0.15, 0.2) is 28.2 Å². The molecule has 2 aromatic heterocycles. The Balaban J connectivity index is 1.70. The molecule has 0 atom stereocenters. The number of piperidine rings is 1. The van der Waals surface area contributed by atoms with Gasteiger partial charge in [0, 0.05) is 38.1 Å². The molecule has 0 spiro atoms. The topological polar surface area (TPSA) is 89.4 Å². The van der Waals surface area contributed by atoms with Gasteiger partial charge in [0.25, 0.3) is 5.56 Å². The molecule has 2 aliphatic rings. The van der Waals surface area contributed by atoms with Gasteiger partial charge in [0.05, 0.1) is 28.5 Å². The quantitative estimate of drug-likeness (QED) is 0.867. The Morgan fingerprint density at radius 3 is 2.74 bits per heavy atom. The molecule has 1 saturated heterocycles. The first-order valence-electron chi connectivity index (χ1n) is 9.13. The van der Waals surface area contributed by atoms with E-state index in [1.165, 1.54) is 0 Å². The molecule has 4 rings (SSSR count). The molecule has 0 unspecified atom stereocenters. The largest absolute Gasteiger partial charge is 0.342 e. The number of nitrogens with zero attached hydrogens (tertiary/aromatic N) is 5. The fourth-order valence-corrected chi connectivity index (χ4v) is 3.95. The molecule has 142 valence electrons. The van der Waals surface area contributed by atoms with Crippen molar-refractivity contribution in [3.05, 3.63) is 50.7 Å². The number of hydrogen-bond donors (Lipinski definition) is 1. The smallest absolute Gasteiger partial charge is 0.264 e. The highest BCUT2D eigenvalue weighted by atomic mass is 35.5. The zero-order valence-corrected chi connectivity index (χ0v) is 16.3. The number of hydrogen-bond acceptors (Lipinski definition) is 6. The van der Waals surface area contributed by atoms with Crippen LogP contribution in [0.2, 0.25) is 5.02 Å². The van der Waals surface area contributed by atoms with E-state index in [1.54, 1.807) is 30.1 Å². The van der Waals surface area contributed by atoms with Gasteiger partial charge in [-0.3, -0.25) is 19.3 Å². The molecule has 7 nitrogen and oxygen atoms in total. The van der Waals surface area contributed by atoms with Gasteiger partial charge in [-0.2, -0.15) is 0 Å². The number of halogens is 1. The first-order chi connectivity index (χ1) is 12.9. The number of rotatable bonds is 3. The monoisotopic (exact) mass is 386 g/mol. The van der Waals surface area contributed by atoms with E-state index in [4.69, 9.17) is 22.3 Å². The van der Waals surface area contributed by atoms with E-state index in [2.05, 4.69) is 21.8 Å². The summed E-state index contributed by atoms with van der Waals surface area (Å²) in [5.41, 5.74) is 8.56. The molecule has 2 aromatic rings. The van der Waals surface area contributed by atoms with Crippen LogP contribution in [-0.4, -0.2) is 39.9 Å². The highest BCUT2D eigenvalue weighted by molar-refractivity contribution is 6.35. The Morgan fingerprint density at radius 1 is 1.33 bits per heavy atom. The summed E-state index contributed by atoms with van der Waals surface area (Å²) in [7, 11) is 1.77. The summed E-state index contributed by atoms with van der Waals surface area (Å²) >= 11 is 6.27. The van der Waals surface area contributed by atoms with E-state index in [0.717, 1.165) is 25.9 Å². The Kier molecular flexibility index (Phi) is 4.52.